The number of allylic oxidation sites excluding steroid dienone is 2. The number of hydrogen-bond acceptors (Lipinski definition) is 7. The highest BCUT2D eigenvalue weighted by molar-refractivity contribution is 7.97. The highest BCUT2D eigenvalue weighted by atomic mass is 35.5. The number of nitrogens with zero attached hydrogens (tertiary/aromatic N) is 2. The molecule has 1 fully saturated rings. The minimum absolute atomic E-state index is 0.426. The Morgan fingerprint density at radius 3 is 2.40 bits per heavy atom. The number of benzene rings is 1. The van der Waals surface area contributed by atoms with Gasteiger partial charge in [-0.2, -0.15) is 0 Å². The Kier molecular flexibility index (Phi) is 7.88. The third-order valence-corrected chi connectivity index (χ3v) is 6.67. The fourth-order valence-electron chi connectivity index (χ4n) is 3.15. The summed E-state index contributed by atoms with van der Waals surface area (Å²) in [5.74, 6) is 0.958. The summed E-state index contributed by atoms with van der Waals surface area (Å²) >= 11 is 14.5. The topological polar surface area (TPSA) is 76.1 Å². The zero-order valence-corrected chi connectivity index (χ0v) is 19.6. The number of anilines is 1. The highest BCUT2D eigenvalue weighted by Crippen LogP contribution is 2.38. The van der Waals surface area contributed by atoms with Gasteiger partial charge < -0.3 is 25.7 Å². The van der Waals surface area contributed by atoms with Crippen LogP contribution < -0.4 is 20.3 Å². The van der Waals surface area contributed by atoms with E-state index < -0.39 is 0 Å². The second-order valence-electron chi connectivity index (χ2n) is 6.99. The van der Waals surface area contributed by atoms with E-state index in [1.807, 2.05) is 38.4 Å². The molecule has 1 saturated heterocycles. The average molecular weight is 465 g/mol. The maximum absolute atomic E-state index is 7.96. The molecule has 4 N–H and O–H groups in total. The third-order valence-electron chi connectivity index (χ3n) is 4.90. The van der Waals surface area contributed by atoms with Gasteiger partial charge in [0.15, 0.2) is 0 Å². The first-order chi connectivity index (χ1) is 14.4. The molecule has 0 unspecified atom stereocenters. The van der Waals surface area contributed by atoms with E-state index in [1.165, 1.54) is 11.9 Å². The molecule has 0 amide bonds. The molecule has 160 valence electrons. The Morgan fingerprint density at radius 2 is 1.80 bits per heavy atom. The van der Waals surface area contributed by atoms with Crippen molar-refractivity contribution in [1.82, 2.24) is 20.3 Å². The molecule has 1 aromatic heterocycles. The lowest BCUT2D eigenvalue weighted by Crippen LogP contribution is -2.43. The van der Waals surface area contributed by atoms with Crippen molar-refractivity contribution in [2.75, 3.05) is 38.1 Å². The highest BCUT2D eigenvalue weighted by Gasteiger charge is 2.15. The van der Waals surface area contributed by atoms with E-state index in [-0.39, 0.29) is 0 Å². The van der Waals surface area contributed by atoms with Crippen LogP contribution in [0.1, 0.15) is 13.8 Å². The lowest BCUT2D eigenvalue weighted by Gasteiger charge is -2.28. The van der Waals surface area contributed by atoms with Gasteiger partial charge in [-0.25, -0.2) is 4.98 Å². The van der Waals surface area contributed by atoms with Gasteiger partial charge in [0.1, 0.15) is 5.82 Å². The van der Waals surface area contributed by atoms with Crippen LogP contribution in [0.2, 0.25) is 10.0 Å². The van der Waals surface area contributed by atoms with Gasteiger partial charge in [0.25, 0.3) is 0 Å². The summed E-state index contributed by atoms with van der Waals surface area (Å²) < 4.78 is 3.20. The summed E-state index contributed by atoms with van der Waals surface area (Å²) in [7, 11) is 1.82. The van der Waals surface area contributed by atoms with Gasteiger partial charge >= 0.3 is 0 Å². The molecular weight excluding hydrogens is 439 g/mol. The van der Waals surface area contributed by atoms with Gasteiger partial charge in [-0.05, 0) is 61.2 Å². The summed E-state index contributed by atoms with van der Waals surface area (Å²) in [6.45, 7) is 7.44. The summed E-state index contributed by atoms with van der Waals surface area (Å²) in [5.41, 5.74) is 3.97. The van der Waals surface area contributed by atoms with Crippen molar-refractivity contribution in [3.05, 3.63) is 51.9 Å². The van der Waals surface area contributed by atoms with E-state index in [2.05, 4.69) is 31.3 Å². The minimum Gasteiger partial charge on any atom is -0.390 e. The van der Waals surface area contributed by atoms with E-state index in [0.29, 0.717) is 21.5 Å². The molecule has 3 rings (SSSR count). The number of aromatic nitrogens is 1. The van der Waals surface area contributed by atoms with E-state index in [0.717, 1.165) is 53.7 Å². The fraction of sp³-hybridized carbons (Fsp3) is 0.333. The molecule has 0 bridgehead atoms. The Labute approximate surface area is 192 Å². The largest absolute Gasteiger partial charge is 0.390 e. The number of nitrogens with one attached hydrogen (secondary N) is 4. The van der Waals surface area contributed by atoms with E-state index >= 15 is 0 Å². The molecule has 0 aliphatic carbocycles. The predicted molar refractivity (Wildman–Crippen MR) is 129 cm³/mol. The number of piperazine rings is 1. The average Bonchev–Trinajstić information content (AvgIpc) is 2.75. The standard InChI is InChI=1S/C21H26Cl2N6S/c1-13(24)20(14(2)25-3)28-30-21-17(22)10-16(11-18(21)23)15-4-5-27-19(12-15)29-8-6-26-7-9-29/h4-5,10-12,24-26,28H,6-9H2,1-3H3/b20-14+,24-13?. The molecular formula is C21H26Cl2N6S. The van der Waals surface area contributed by atoms with Crippen LogP contribution in [0.15, 0.2) is 46.8 Å². The Bertz CT molecular complexity index is 933. The van der Waals surface area contributed by atoms with Crippen LogP contribution in [0, 0.1) is 5.41 Å². The van der Waals surface area contributed by atoms with Crippen molar-refractivity contribution in [2.45, 2.75) is 18.7 Å². The van der Waals surface area contributed by atoms with Crippen molar-refractivity contribution in [2.24, 2.45) is 0 Å². The van der Waals surface area contributed by atoms with Crippen LogP contribution in [-0.2, 0) is 0 Å². The van der Waals surface area contributed by atoms with Crippen LogP contribution in [0.4, 0.5) is 5.82 Å². The molecule has 1 aromatic carbocycles. The minimum atomic E-state index is 0.426. The van der Waals surface area contributed by atoms with Gasteiger partial charge in [-0.15, -0.1) is 0 Å². The maximum atomic E-state index is 7.96. The molecule has 0 radical (unpaired) electrons. The Morgan fingerprint density at radius 1 is 1.13 bits per heavy atom. The van der Waals surface area contributed by atoms with E-state index in [9.17, 15) is 0 Å². The Hall–Kier alpha value is -1.93. The predicted octanol–water partition coefficient (Wildman–Crippen LogP) is 4.55. The molecule has 1 aliphatic heterocycles. The number of hydrogen-bond donors (Lipinski definition) is 4. The third kappa shape index (κ3) is 5.40. The molecule has 1 aliphatic rings. The van der Waals surface area contributed by atoms with Crippen molar-refractivity contribution in [3.8, 4) is 11.1 Å². The Balaban J connectivity index is 1.83. The number of halogens is 2. The maximum Gasteiger partial charge on any atom is 0.129 e. The summed E-state index contributed by atoms with van der Waals surface area (Å²) in [6.07, 6.45) is 1.82. The first-order valence-electron chi connectivity index (χ1n) is 9.69. The van der Waals surface area contributed by atoms with Crippen LogP contribution >= 0.6 is 35.1 Å². The molecule has 30 heavy (non-hydrogen) atoms. The second-order valence-corrected chi connectivity index (χ2v) is 8.62. The SMILES string of the molecule is CN/C(C)=C(/NSc1c(Cl)cc(-c2ccnc(N3CCNCC3)c2)cc1Cl)C(C)=N. The van der Waals surface area contributed by atoms with Gasteiger partial charge in [0.05, 0.1) is 26.3 Å². The molecule has 2 aromatic rings. The number of rotatable bonds is 7. The smallest absolute Gasteiger partial charge is 0.129 e. The van der Waals surface area contributed by atoms with E-state index in [1.54, 1.807) is 6.92 Å². The molecule has 2 heterocycles. The lowest BCUT2D eigenvalue weighted by molar-refractivity contribution is 0.585. The quantitative estimate of drug-likeness (QED) is 0.355. The first kappa shape index (κ1) is 22.7. The molecule has 9 heteroatoms. The summed E-state index contributed by atoms with van der Waals surface area (Å²) in [6, 6.07) is 7.88. The fourth-order valence-corrected chi connectivity index (χ4v) is 4.69. The van der Waals surface area contributed by atoms with Gasteiger partial charge in [0, 0.05) is 45.1 Å². The molecule has 0 saturated carbocycles. The van der Waals surface area contributed by atoms with Crippen molar-refractivity contribution < 1.29 is 0 Å². The molecule has 0 spiro atoms. The van der Waals surface area contributed by atoms with Gasteiger partial charge in [-0.3, -0.25) is 0 Å². The first-order valence-corrected chi connectivity index (χ1v) is 11.3. The zero-order chi connectivity index (χ0) is 21.7. The van der Waals surface area contributed by atoms with Crippen LogP contribution in [0.5, 0.6) is 0 Å². The van der Waals surface area contributed by atoms with Crippen LogP contribution in [-0.4, -0.2) is 43.9 Å². The van der Waals surface area contributed by atoms with Crippen LogP contribution in [0.25, 0.3) is 11.1 Å². The summed E-state index contributed by atoms with van der Waals surface area (Å²) in [5, 5.41) is 15.5. The van der Waals surface area contributed by atoms with Crippen molar-refractivity contribution in [1.29, 1.82) is 5.41 Å². The van der Waals surface area contributed by atoms with Crippen molar-refractivity contribution in [3.63, 3.8) is 0 Å². The van der Waals surface area contributed by atoms with Crippen molar-refractivity contribution >= 4 is 46.7 Å². The zero-order valence-electron chi connectivity index (χ0n) is 17.3. The van der Waals surface area contributed by atoms with Gasteiger partial charge in [-0.1, -0.05) is 23.2 Å². The molecule has 0 atom stereocenters. The van der Waals surface area contributed by atoms with Crippen LogP contribution in [0.3, 0.4) is 0 Å². The normalized spacial score (nSPS) is 14.9. The second kappa shape index (κ2) is 10.4. The van der Waals surface area contributed by atoms with E-state index in [4.69, 9.17) is 28.6 Å². The summed E-state index contributed by atoms with van der Waals surface area (Å²) in [4.78, 5) is 7.52. The monoisotopic (exact) mass is 464 g/mol. The molecule has 6 nitrogen and oxygen atoms in total. The number of pyridine rings is 1. The van der Waals surface area contributed by atoms with Gasteiger partial charge in [0.2, 0.25) is 0 Å². The lowest BCUT2D eigenvalue weighted by atomic mass is 10.1.